The molecule has 1 saturated heterocycles. The third-order valence-corrected chi connectivity index (χ3v) is 3.73. The molecule has 0 spiro atoms. The Hall–Kier alpha value is -2.02. The minimum atomic E-state index is -0.367. The second kappa shape index (κ2) is 6.17. The van der Waals surface area contributed by atoms with Crippen molar-refractivity contribution >= 4 is 5.82 Å². The van der Waals surface area contributed by atoms with Gasteiger partial charge in [-0.15, -0.1) is 0 Å². The Kier molecular flexibility index (Phi) is 4.10. The number of imidazole rings is 1. The molecule has 0 radical (unpaired) electrons. The van der Waals surface area contributed by atoms with Gasteiger partial charge in [0, 0.05) is 31.5 Å². The smallest absolute Gasteiger partial charge is 0.186 e. The van der Waals surface area contributed by atoms with E-state index in [1.807, 2.05) is 6.92 Å². The van der Waals surface area contributed by atoms with Crippen LogP contribution in [0.2, 0.25) is 0 Å². The minimum absolute atomic E-state index is 0.0805. The molecular weight excluding hydrogens is 273 g/mol. The molecule has 21 heavy (non-hydrogen) atoms. The number of rotatable bonds is 5. The third kappa shape index (κ3) is 2.87. The maximum absolute atomic E-state index is 14.1. The molecule has 112 valence electrons. The van der Waals surface area contributed by atoms with Gasteiger partial charge in [0.15, 0.2) is 11.6 Å². The molecule has 2 aromatic rings. The van der Waals surface area contributed by atoms with Gasteiger partial charge in [0.05, 0.1) is 5.69 Å². The molecule has 2 aromatic heterocycles. The number of aromatic nitrogens is 4. The van der Waals surface area contributed by atoms with E-state index in [4.69, 9.17) is 4.74 Å². The minimum Gasteiger partial charge on any atom is -0.370 e. The molecule has 0 saturated carbocycles. The largest absolute Gasteiger partial charge is 0.370 e. The second-order valence-electron chi connectivity index (χ2n) is 5.03. The Morgan fingerprint density at radius 3 is 3.10 bits per heavy atom. The first-order valence-corrected chi connectivity index (χ1v) is 7.13. The number of nitrogens with zero attached hydrogens (tertiary/aromatic N) is 3. The third-order valence-electron chi connectivity index (χ3n) is 3.73. The molecule has 0 amide bonds. The molecule has 1 aliphatic heterocycles. The van der Waals surface area contributed by atoms with Crippen molar-refractivity contribution in [3.8, 4) is 0 Å². The molecule has 1 fully saturated rings. The number of aromatic amines is 1. The van der Waals surface area contributed by atoms with Gasteiger partial charge in [0.2, 0.25) is 0 Å². The maximum Gasteiger partial charge on any atom is 0.186 e. The van der Waals surface area contributed by atoms with E-state index in [1.54, 1.807) is 12.4 Å². The van der Waals surface area contributed by atoms with E-state index in [2.05, 4.69) is 25.3 Å². The molecular formula is C14H18FN5O. The van der Waals surface area contributed by atoms with E-state index in [0.717, 1.165) is 12.2 Å². The van der Waals surface area contributed by atoms with Crippen LogP contribution < -0.4 is 5.32 Å². The zero-order valence-electron chi connectivity index (χ0n) is 11.8. The molecule has 7 heteroatoms. The summed E-state index contributed by atoms with van der Waals surface area (Å²) in [5.41, 5.74) is 0.428. The van der Waals surface area contributed by atoms with E-state index in [1.165, 1.54) is 6.33 Å². The van der Waals surface area contributed by atoms with Crippen LogP contribution in [0.1, 0.15) is 31.0 Å². The first kappa shape index (κ1) is 13.9. The van der Waals surface area contributed by atoms with E-state index < -0.39 is 0 Å². The van der Waals surface area contributed by atoms with Crippen molar-refractivity contribution in [2.45, 2.75) is 25.9 Å². The molecule has 6 nitrogen and oxygen atoms in total. The van der Waals surface area contributed by atoms with Gasteiger partial charge in [-0.25, -0.2) is 19.3 Å². The van der Waals surface area contributed by atoms with Crippen molar-refractivity contribution in [1.29, 1.82) is 0 Å². The Morgan fingerprint density at radius 2 is 2.33 bits per heavy atom. The van der Waals surface area contributed by atoms with Gasteiger partial charge in [-0.2, -0.15) is 0 Å². The fourth-order valence-electron chi connectivity index (χ4n) is 2.58. The van der Waals surface area contributed by atoms with E-state index in [0.29, 0.717) is 25.3 Å². The molecule has 1 aliphatic rings. The van der Waals surface area contributed by atoms with Gasteiger partial charge in [-0.3, -0.25) is 0 Å². The van der Waals surface area contributed by atoms with Crippen molar-refractivity contribution < 1.29 is 9.13 Å². The summed E-state index contributed by atoms with van der Waals surface area (Å²) in [5.74, 6) is 0.938. The Bertz CT molecular complexity index is 589. The van der Waals surface area contributed by atoms with Crippen molar-refractivity contribution in [3.05, 3.63) is 36.1 Å². The molecule has 0 bridgehead atoms. The predicted octanol–water partition coefficient (Wildman–Crippen LogP) is 2.09. The molecule has 0 aromatic carbocycles. The highest BCUT2D eigenvalue weighted by Crippen LogP contribution is 2.32. The fourth-order valence-corrected chi connectivity index (χ4v) is 2.58. The quantitative estimate of drug-likeness (QED) is 0.882. The first-order chi connectivity index (χ1) is 10.3. The lowest BCUT2D eigenvalue weighted by Gasteiger charge is -2.17. The van der Waals surface area contributed by atoms with Crippen molar-refractivity contribution in [2.75, 3.05) is 18.5 Å². The van der Waals surface area contributed by atoms with E-state index in [9.17, 15) is 4.39 Å². The highest BCUT2D eigenvalue weighted by molar-refractivity contribution is 5.37. The number of anilines is 1. The van der Waals surface area contributed by atoms with Gasteiger partial charge >= 0.3 is 0 Å². The number of H-pyrrole nitrogens is 1. The molecule has 3 heterocycles. The van der Waals surface area contributed by atoms with Crippen LogP contribution in [0.5, 0.6) is 0 Å². The number of hydrogen-bond acceptors (Lipinski definition) is 5. The first-order valence-electron chi connectivity index (χ1n) is 7.13. The number of halogens is 1. The van der Waals surface area contributed by atoms with Crippen LogP contribution in [0.15, 0.2) is 18.7 Å². The van der Waals surface area contributed by atoms with E-state index in [-0.39, 0.29) is 23.7 Å². The van der Waals surface area contributed by atoms with Gasteiger partial charge in [-0.1, -0.05) is 6.92 Å². The van der Waals surface area contributed by atoms with Crippen molar-refractivity contribution in [2.24, 2.45) is 5.92 Å². The topological polar surface area (TPSA) is 75.7 Å². The van der Waals surface area contributed by atoms with Crippen LogP contribution >= 0.6 is 0 Å². The van der Waals surface area contributed by atoms with Crippen LogP contribution in [0.3, 0.4) is 0 Å². The van der Waals surface area contributed by atoms with Crippen molar-refractivity contribution in [3.63, 3.8) is 0 Å². The normalized spacial score (nSPS) is 21.6. The molecule has 0 unspecified atom stereocenters. The lowest BCUT2D eigenvalue weighted by Crippen LogP contribution is -2.20. The molecule has 2 N–H and O–H groups in total. The molecule has 3 rings (SSSR count). The summed E-state index contributed by atoms with van der Waals surface area (Å²) < 4.78 is 19.8. The van der Waals surface area contributed by atoms with Crippen molar-refractivity contribution in [1.82, 2.24) is 19.9 Å². The summed E-state index contributed by atoms with van der Waals surface area (Å²) in [5, 5.41) is 3.07. The average molecular weight is 291 g/mol. The SMILES string of the molecule is CCc1ncnc(NC[C@@H]2CCO[C@H]2c2ncc[nH]2)c1F. The average Bonchev–Trinajstić information content (AvgIpc) is 3.17. The Labute approximate surface area is 122 Å². The van der Waals surface area contributed by atoms with Crippen LogP contribution in [0, 0.1) is 11.7 Å². The van der Waals surface area contributed by atoms with Crippen LogP contribution in [0.25, 0.3) is 0 Å². The van der Waals surface area contributed by atoms with Crippen LogP contribution in [-0.2, 0) is 11.2 Å². The molecule has 0 aliphatic carbocycles. The van der Waals surface area contributed by atoms with E-state index >= 15 is 0 Å². The summed E-state index contributed by atoms with van der Waals surface area (Å²) in [4.78, 5) is 15.2. The van der Waals surface area contributed by atoms with Gasteiger partial charge in [-0.05, 0) is 12.8 Å². The summed E-state index contributed by atoms with van der Waals surface area (Å²) >= 11 is 0. The summed E-state index contributed by atoms with van der Waals surface area (Å²) in [6.45, 7) is 3.14. The maximum atomic E-state index is 14.1. The van der Waals surface area contributed by atoms with Crippen LogP contribution in [0.4, 0.5) is 10.2 Å². The Balaban J connectivity index is 1.67. The zero-order chi connectivity index (χ0) is 14.7. The number of ether oxygens (including phenoxy) is 1. The fraction of sp³-hybridized carbons (Fsp3) is 0.500. The number of aryl methyl sites for hydroxylation is 1. The predicted molar refractivity (Wildman–Crippen MR) is 75.2 cm³/mol. The second-order valence-corrected chi connectivity index (χ2v) is 5.03. The monoisotopic (exact) mass is 291 g/mol. The highest BCUT2D eigenvalue weighted by Gasteiger charge is 2.31. The highest BCUT2D eigenvalue weighted by atomic mass is 19.1. The summed E-state index contributed by atoms with van der Waals surface area (Å²) in [6, 6.07) is 0. The van der Waals surface area contributed by atoms with Crippen LogP contribution in [-0.4, -0.2) is 33.1 Å². The lowest BCUT2D eigenvalue weighted by atomic mass is 10.0. The molecule has 2 atom stereocenters. The number of hydrogen-bond donors (Lipinski definition) is 2. The van der Waals surface area contributed by atoms with Gasteiger partial charge in [0.25, 0.3) is 0 Å². The Morgan fingerprint density at radius 1 is 1.43 bits per heavy atom. The van der Waals surface area contributed by atoms with Gasteiger partial charge < -0.3 is 15.0 Å². The van der Waals surface area contributed by atoms with Gasteiger partial charge in [0.1, 0.15) is 18.3 Å². The number of nitrogens with one attached hydrogen (secondary N) is 2. The standard InChI is InChI=1S/C14H18FN5O/c1-2-10-11(15)13(20-8-19-10)18-7-9-3-6-21-12(9)14-16-4-5-17-14/h4-5,8-9,12H,2-3,6-7H2,1H3,(H,16,17)(H,18,19,20)/t9-,12+/m0/s1. The summed E-state index contributed by atoms with van der Waals surface area (Å²) in [6.07, 6.45) is 6.25. The lowest BCUT2D eigenvalue weighted by molar-refractivity contribution is 0.0868. The summed E-state index contributed by atoms with van der Waals surface area (Å²) in [7, 11) is 0. The zero-order valence-corrected chi connectivity index (χ0v) is 11.8.